The third-order valence-corrected chi connectivity index (χ3v) is 6.36. The van der Waals surface area contributed by atoms with E-state index in [0.29, 0.717) is 19.1 Å². The van der Waals surface area contributed by atoms with Gasteiger partial charge in [0, 0.05) is 37.7 Å². The summed E-state index contributed by atoms with van der Waals surface area (Å²) in [6, 6.07) is 14.2. The van der Waals surface area contributed by atoms with Crippen LogP contribution in [0.2, 0.25) is 0 Å². The lowest BCUT2D eigenvalue weighted by Gasteiger charge is -2.37. The molecule has 0 spiro atoms. The lowest BCUT2D eigenvalue weighted by molar-refractivity contribution is -0.138. The Hall–Kier alpha value is -2.11. The molecule has 4 rings (SSSR count). The SMILES string of the molecule is CN(C(=O)C1CCN(C(=O)c2cccc3ccccc23)CC1)C1CCNCC1.Cl. The maximum absolute atomic E-state index is 13.1. The third-order valence-electron chi connectivity index (χ3n) is 6.36. The quantitative estimate of drug-likeness (QED) is 0.836. The molecule has 5 nitrogen and oxygen atoms in total. The second-order valence-corrected chi connectivity index (χ2v) is 8.02. The van der Waals surface area contributed by atoms with Crippen molar-refractivity contribution in [2.75, 3.05) is 33.2 Å². The van der Waals surface area contributed by atoms with Crippen molar-refractivity contribution in [3.63, 3.8) is 0 Å². The molecule has 2 saturated heterocycles. The van der Waals surface area contributed by atoms with Gasteiger partial charge in [0.2, 0.25) is 5.91 Å². The summed E-state index contributed by atoms with van der Waals surface area (Å²) >= 11 is 0. The molecule has 0 radical (unpaired) electrons. The minimum atomic E-state index is 0. The largest absolute Gasteiger partial charge is 0.342 e. The van der Waals surface area contributed by atoms with E-state index in [1.165, 1.54) is 0 Å². The summed E-state index contributed by atoms with van der Waals surface area (Å²) in [7, 11) is 1.95. The molecule has 0 aliphatic carbocycles. The zero-order valence-electron chi connectivity index (χ0n) is 17.0. The summed E-state index contributed by atoms with van der Waals surface area (Å²) in [6.45, 7) is 3.28. The van der Waals surface area contributed by atoms with Crippen LogP contribution >= 0.6 is 12.4 Å². The van der Waals surface area contributed by atoms with Crippen molar-refractivity contribution in [2.45, 2.75) is 31.7 Å². The monoisotopic (exact) mass is 415 g/mol. The molecule has 2 aliphatic heterocycles. The first-order valence-corrected chi connectivity index (χ1v) is 10.4. The summed E-state index contributed by atoms with van der Waals surface area (Å²) in [5.74, 6) is 0.370. The predicted octanol–water partition coefficient (Wildman–Crippen LogP) is 3.32. The number of carbonyl (C=O) groups excluding carboxylic acids is 2. The summed E-state index contributed by atoms with van der Waals surface area (Å²) in [5.41, 5.74) is 0.759. The molecule has 156 valence electrons. The average molecular weight is 416 g/mol. The van der Waals surface area contributed by atoms with Gasteiger partial charge in [-0.15, -0.1) is 12.4 Å². The maximum atomic E-state index is 13.1. The molecular formula is C23H30ClN3O2. The summed E-state index contributed by atoms with van der Waals surface area (Å²) in [5, 5.41) is 5.44. The molecule has 2 heterocycles. The van der Waals surface area contributed by atoms with E-state index in [2.05, 4.69) is 5.32 Å². The van der Waals surface area contributed by atoms with Crippen LogP contribution in [0, 0.1) is 5.92 Å². The van der Waals surface area contributed by atoms with Crippen LogP contribution in [0.15, 0.2) is 42.5 Å². The first-order valence-electron chi connectivity index (χ1n) is 10.4. The number of piperidine rings is 2. The van der Waals surface area contributed by atoms with E-state index in [9.17, 15) is 9.59 Å². The van der Waals surface area contributed by atoms with E-state index in [-0.39, 0.29) is 30.1 Å². The Labute approximate surface area is 178 Å². The average Bonchev–Trinajstić information content (AvgIpc) is 2.78. The molecule has 0 aromatic heterocycles. The van der Waals surface area contributed by atoms with E-state index in [4.69, 9.17) is 0 Å². The van der Waals surface area contributed by atoms with Gasteiger partial charge in [-0.3, -0.25) is 9.59 Å². The van der Waals surface area contributed by atoms with E-state index in [1.807, 2.05) is 59.3 Å². The normalized spacial score (nSPS) is 18.3. The van der Waals surface area contributed by atoms with Gasteiger partial charge in [0.15, 0.2) is 0 Å². The molecule has 29 heavy (non-hydrogen) atoms. The predicted molar refractivity (Wildman–Crippen MR) is 118 cm³/mol. The van der Waals surface area contributed by atoms with Crippen molar-refractivity contribution < 1.29 is 9.59 Å². The Morgan fingerprint density at radius 2 is 1.62 bits per heavy atom. The van der Waals surface area contributed by atoms with Gasteiger partial charge in [-0.2, -0.15) is 0 Å². The number of benzene rings is 2. The van der Waals surface area contributed by atoms with Gasteiger partial charge in [0.05, 0.1) is 0 Å². The summed E-state index contributed by atoms with van der Waals surface area (Å²) < 4.78 is 0. The molecule has 2 amide bonds. The van der Waals surface area contributed by atoms with Gasteiger partial charge in [-0.05, 0) is 55.6 Å². The Morgan fingerprint density at radius 3 is 2.34 bits per heavy atom. The highest BCUT2D eigenvalue weighted by molar-refractivity contribution is 6.07. The minimum Gasteiger partial charge on any atom is -0.342 e. The van der Waals surface area contributed by atoms with Crippen LogP contribution in [0.4, 0.5) is 0 Å². The number of amides is 2. The maximum Gasteiger partial charge on any atom is 0.254 e. The summed E-state index contributed by atoms with van der Waals surface area (Å²) in [6.07, 6.45) is 3.57. The minimum absolute atomic E-state index is 0. The van der Waals surface area contributed by atoms with E-state index in [0.717, 1.165) is 55.1 Å². The number of likely N-dealkylation sites (tertiary alicyclic amines) is 1. The van der Waals surface area contributed by atoms with Crippen LogP contribution in [-0.4, -0.2) is 60.9 Å². The fourth-order valence-electron chi connectivity index (χ4n) is 4.57. The number of hydrogen-bond donors (Lipinski definition) is 1. The molecule has 2 fully saturated rings. The second-order valence-electron chi connectivity index (χ2n) is 8.02. The zero-order valence-corrected chi connectivity index (χ0v) is 17.8. The van der Waals surface area contributed by atoms with Crippen molar-refractivity contribution in [3.8, 4) is 0 Å². The van der Waals surface area contributed by atoms with E-state index < -0.39 is 0 Å². The molecule has 6 heteroatoms. The standard InChI is InChI=1S/C23H29N3O2.ClH/c1-25(19-9-13-24-14-10-19)22(27)18-11-15-26(16-12-18)23(28)21-8-4-6-17-5-2-3-7-20(17)21;/h2-8,18-19,24H,9-16H2,1H3;1H. The third kappa shape index (κ3) is 4.57. The van der Waals surface area contributed by atoms with Crippen molar-refractivity contribution in [2.24, 2.45) is 5.92 Å². The van der Waals surface area contributed by atoms with Crippen LogP contribution in [-0.2, 0) is 4.79 Å². The molecule has 1 N–H and O–H groups in total. The Bertz CT molecular complexity index is 853. The Balaban J connectivity index is 0.00000240. The molecular weight excluding hydrogens is 386 g/mol. The Morgan fingerprint density at radius 1 is 0.966 bits per heavy atom. The van der Waals surface area contributed by atoms with E-state index in [1.54, 1.807) is 0 Å². The number of fused-ring (bicyclic) bond motifs is 1. The van der Waals surface area contributed by atoms with Gasteiger partial charge >= 0.3 is 0 Å². The Kier molecular flexibility index (Phi) is 7.14. The van der Waals surface area contributed by atoms with Crippen molar-refractivity contribution in [1.29, 1.82) is 0 Å². The number of nitrogens with zero attached hydrogens (tertiary/aromatic N) is 2. The lowest BCUT2D eigenvalue weighted by Crippen LogP contribution is -2.48. The number of rotatable bonds is 3. The van der Waals surface area contributed by atoms with Crippen LogP contribution < -0.4 is 5.32 Å². The van der Waals surface area contributed by atoms with Crippen molar-refractivity contribution in [1.82, 2.24) is 15.1 Å². The van der Waals surface area contributed by atoms with Gasteiger partial charge < -0.3 is 15.1 Å². The highest BCUT2D eigenvalue weighted by atomic mass is 35.5. The molecule has 0 atom stereocenters. The van der Waals surface area contributed by atoms with Gasteiger partial charge in [0.1, 0.15) is 0 Å². The molecule has 0 unspecified atom stereocenters. The smallest absolute Gasteiger partial charge is 0.254 e. The van der Waals surface area contributed by atoms with Gasteiger partial charge in [-0.25, -0.2) is 0 Å². The van der Waals surface area contributed by atoms with Crippen molar-refractivity contribution in [3.05, 3.63) is 48.0 Å². The molecule has 0 saturated carbocycles. The number of hydrogen-bond acceptors (Lipinski definition) is 3. The molecule has 2 aromatic carbocycles. The molecule has 2 aliphatic rings. The van der Waals surface area contributed by atoms with Crippen LogP contribution in [0.3, 0.4) is 0 Å². The van der Waals surface area contributed by atoms with Gasteiger partial charge in [0.25, 0.3) is 5.91 Å². The van der Waals surface area contributed by atoms with Gasteiger partial charge in [-0.1, -0.05) is 36.4 Å². The number of halogens is 1. The lowest BCUT2D eigenvalue weighted by atomic mass is 9.93. The number of carbonyl (C=O) groups is 2. The summed E-state index contributed by atoms with van der Waals surface area (Å²) in [4.78, 5) is 29.9. The number of nitrogens with one attached hydrogen (secondary N) is 1. The van der Waals surface area contributed by atoms with Crippen LogP contribution in [0.5, 0.6) is 0 Å². The fourth-order valence-corrected chi connectivity index (χ4v) is 4.57. The topological polar surface area (TPSA) is 52.7 Å². The zero-order chi connectivity index (χ0) is 19.5. The van der Waals surface area contributed by atoms with Crippen molar-refractivity contribution >= 4 is 35.0 Å². The second kappa shape index (κ2) is 9.59. The van der Waals surface area contributed by atoms with E-state index >= 15 is 0 Å². The first-order chi connectivity index (χ1) is 13.6. The first kappa shape index (κ1) is 21.6. The molecule has 2 aromatic rings. The van der Waals surface area contributed by atoms with Crippen LogP contribution in [0.25, 0.3) is 10.8 Å². The highest BCUT2D eigenvalue weighted by Crippen LogP contribution is 2.25. The van der Waals surface area contributed by atoms with Crippen LogP contribution in [0.1, 0.15) is 36.0 Å². The molecule has 0 bridgehead atoms. The highest BCUT2D eigenvalue weighted by Gasteiger charge is 2.32. The fraction of sp³-hybridized carbons (Fsp3) is 0.478.